The number of rotatable bonds is 10. The van der Waals surface area contributed by atoms with Crippen LogP contribution in [0.1, 0.15) is 51.4 Å². The van der Waals surface area contributed by atoms with Crippen LogP contribution in [-0.2, 0) is 0 Å². The second-order valence-corrected chi connectivity index (χ2v) is 3.75. The second kappa shape index (κ2) is 13.2. The van der Waals surface area contributed by atoms with Crippen LogP contribution >= 0.6 is 0 Å². The van der Waals surface area contributed by atoms with Crippen molar-refractivity contribution in [2.45, 2.75) is 51.4 Å². The first-order valence-corrected chi connectivity index (χ1v) is 6.12. The monoisotopic (exact) mass is 205 g/mol. The van der Waals surface area contributed by atoms with Gasteiger partial charge in [0.1, 0.15) is 0 Å². The van der Waals surface area contributed by atoms with Crippen LogP contribution in [0.2, 0.25) is 0 Å². The van der Waals surface area contributed by atoms with Gasteiger partial charge in [0.25, 0.3) is 0 Å². The Morgan fingerprint density at radius 2 is 1.47 bits per heavy atom. The first-order valence-electron chi connectivity index (χ1n) is 6.12. The fraction of sp³-hybridized carbons (Fsp3) is 0.533. The maximum Gasteiger partial charge on any atom is -0.0169 e. The van der Waals surface area contributed by atoms with Crippen molar-refractivity contribution in [1.29, 1.82) is 0 Å². The van der Waals surface area contributed by atoms with Gasteiger partial charge in [0, 0.05) is 0 Å². The van der Waals surface area contributed by atoms with E-state index in [0.717, 1.165) is 25.7 Å². The summed E-state index contributed by atoms with van der Waals surface area (Å²) in [6.07, 6.45) is 20.5. The molecule has 0 amide bonds. The summed E-state index contributed by atoms with van der Waals surface area (Å²) in [7, 11) is 0. The van der Waals surface area contributed by atoms with Crippen molar-refractivity contribution in [2.75, 3.05) is 0 Å². The highest BCUT2D eigenvalue weighted by molar-refractivity contribution is 4.93. The summed E-state index contributed by atoms with van der Waals surface area (Å²) < 4.78 is 0. The van der Waals surface area contributed by atoms with Crippen LogP contribution in [0.3, 0.4) is 0 Å². The highest BCUT2D eigenvalue weighted by Gasteiger charge is 1.83. The molecule has 0 saturated carbocycles. The van der Waals surface area contributed by atoms with Crippen molar-refractivity contribution in [3.63, 3.8) is 0 Å². The fourth-order valence-electron chi connectivity index (χ4n) is 1.34. The van der Waals surface area contributed by atoms with E-state index in [-0.39, 0.29) is 0 Å². The van der Waals surface area contributed by atoms with E-state index in [1.807, 2.05) is 6.08 Å². The van der Waals surface area contributed by atoms with E-state index in [2.05, 4.69) is 37.8 Å². The lowest BCUT2D eigenvalue weighted by Gasteiger charge is -1.93. The molecule has 0 aromatic rings. The molecule has 0 fully saturated rings. The van der Waals surface area contributed by atoms with Gasteiger partial charge < -0.3 is 0 Å². The van der Waals surface area contributed by atoms with Crippen molar-refractivity contribution in [3.05, 3.63) is 43.9 Å². The summed E-state index contributed by atoms with van der Waals surface area (Å²) in [5.74, 6) is 0. The summed E-state index contributed by atoms with van der Waals surface area (Å²) >= 11 is 0. The van der Waals surface area contributed by atoms with Gasteiger partial charge in [-0.25, -0.2) is 0 Å². The SMILES string of the molecule is [CH2]CCCCC/C=C/C/C=C/CCC=C. The molecule has 0 spiro atoms. The highest BCUT2D eigenvalue weighted by atomic mass is 13.9. The highest BCUT2D eigenvalue weighted by Crippen LogP contribution is 2.03. The molecule has 85 valence electrons. The molecule has 0 bridgehead atoms. The summed E-state index contributed by atoms with van der Waals surface area (Å²) in [5, 5.41) is 0. The Morgan fingerprint density at radius 1 is 0.733 bits per heavy atom. The van der Waals surface area contributed by atoms with Gasteiger partial charge in [0.2, 0.25) is 0 Å². The molecule has 0 atom stereocenters. The lowest BCUT2D eigenvalue weighted by Crippen LogP contribution is -1.73. The van der Waals surface area contributed by atoms with Crippen LogP contribution in [0.25, 0.3) is 0 Å². The van der Waals surface area contributed by atoms with E-state index in [1.54, 1.807) is 0 Å². The summed E-state index contributed by atoms with van der Waals surface area (Å²) in [4.78, 5) is 0. The molecule has 0 heterocycles. The van der Waals surface area contributed by atoms with Gasteiger partial charge in [0.05, 0.1) is 0 Å². The molecule has 0 N–H and O–H groups in total. The normalized spacial score (nSPS) is 11.5. The van der Waals surface area contributed by atoms with Gasteiger partial charge in [0.15, 0.2) is 0 Å². The predicted octanol–water partition coefficient (Wildman–Crippen LogP) is 5.24. The minimum atomic E-state index is 1.08. The number of hydrogen-bond acceptors (Lipinski definition) is 0. The third-order valence-electron chi connectivity index (χ3n) is 2.26. The van der Waals surface area contributed by atoms with Crippen LogP contribution in [0.15, 0.2) is 37.0 Å². The fourth-order valence-corrected chi connectivity index (χ4v) is 1.34. The molecule has 1 radical (unpaired) electrons. The Bertz CT molecular complexity index is 174. The van der Waals surface area contributed by atoms with Crippen LogP contribution in [0.4, 0.5) is 0 Å². The Balaban J connectivity index is 3.16. The molecule has 0 rings (SSSR count). The largest absolute Gasteiger partial charge is 0.103 e. The zero-order valence-electron chi connectivity index (χ0n) is 9.96. The number of hydrogen-bond donors (Lipinski definition) is 0. The molecule has 0 nitrogen and oxygen atoms in total. The van der Waals surface area contributed by atoms with Crippen molar-refractivity contribution in [3.8, 4) is 0 Å². The Kier molecular flexibility index (Phi) is 12.5. The molecular formula is C15H25. The standard InChI is InChI=1S/C15H25/c1-3-5-7-9-11-13-15-14-12-10-8-6-4-2/h3,9,11,14-15H,1-2,4-8,10,12-13H2/b11-9+,15-14+. The van der Waals surface area contributed by atoms with E-state index in [1.165, 1.54) is 25.7 Å². The van der Waals surface area contributed by atoms with Crippen LogP contribution in [0, 0.1) is 6.92 Å². The molecule has 0 aromatic heterocycles. The molecular weight excluding hydrogens is 180 g/mol. The Morgan fingerprint density at radius 3 is 2.13 bits per heavy atom. The third kappa shape index (κ3) is 13.2. The van der Waals surface area contributed by atoms with Gasteiger partial charge in [-0.15, -0.1) is 6.58 Å². The molecule has 0 unspecified atom stereocenters. The van der Waals surface area contributed by atoms with Crippen molar-refractivity contribution < 1.29 is 0 Å². The average Bonchev–Trinajstić information content (AvgIpc) is 2.26. The van der Waals surface area contributed by atoms with Gasteiger partial charge in [-0.3, -0.25) is 0 Å². The second-order valence-electron chi connectivity index (χ2n) is 3.75. The molecule has 0 aromatic carbocycles. The number of allylic oxidation sites excluding steroid dienone is 5. The topological polar surface area (TPSA) is 0 Å². The van der Waals surface area contributed by atoms with Crippen LogP contribution < -0.4 is 0 Å². The molecule has 0 aliphatic heterocycles. The molecule has 0 aliphatic rings. The van der Waals surface area contributed by atoms with Crippen molar-refractivity contribution in [2.24, 2.45) is 0 Å². The van der Waals surface area contributed by atoms with E-state index in [9.17, 15) is 0 Å². The predicted molar refractivity (Wildman–Crippen MR) is 70.8 cm³/mol. The van der Waals surface area contributed by atoms with Crippen molar-refractivity contribution in [1.82, 2.24) is 0 Å². The summed E-state index contributed by atoms with van der Waals surface area (Å²) in [5.41, 5.74) is 0. The van der Waals surface area contributed by atoms with Crippen molar-refractivity contribution >= 4 is 0 Å². The van der Waals surface area contributed by atoms with E-state index in [0.29, 0.717) is 0 Å². The first-order chi connectivity index (χ1) is 7.41. The van der Waals surface area contributed by atoms with Gasteiger partial charge in [-0.05, 0) is 32.1 Å². The molecule has 0 aliphatic carbocycles. The minimum Gasteiger partial charge on any atom is -0.103 e. The lowest BCUT2D eigenvalue weighted by molar-refractivity contribution is 0.694. The van der Waals surface area contributed by atoms with Crippen LogP contribution in [-0.4, -0.2) is 0 Å². The van der Waals surface area contributed by atoms with E-state index >= 15 is 0 Å². The quantitative estimate of drug-likeness (QED) is 0.338. The molecule has 15 heavy (non-hydrogen) atoms. The average molecular weight is 205 g/mol. The Labute approximate surface area is 95.8 Å². The maximum atomic E-state index is 3.83. The Hall–Kier alpha value is -0.780. The van der Waals surface area contributed by atoms with Gasteiger partial charge in [-0.1, -0.05) is 56.6 Å². The van der Waals surface area contributed by atoms with Gasteiger partial charge in [-0.2, -0.15) is 0 Å². The smallest absolute Gasteiger partial charge is 0.0169 e. The van der Waals surface area contributed by atoms with Gasteiger partial charge >= 0.3 is 0 Å². The zero-order valence-corrected chi connectivity index (χ0v) is 9.96. The lowest BCUT2D eigenvalue weighted by atomic mass is 10.1. The summed E-state index contributed by atoms with van der Waals surface area (Å²) in [6, 6.07) is 0. The molecule has 0 saturated heterocycles. The first kappa shape index (κ1) is 14.2. The third-order valence-corrected chi connectivity index (χ3v) is 2.26. The zero-order chi connectivity index (χ0) is 11.2. The minimum absolute atomic E-state index is 1.08. The maximum absolute atomic E-state index is 3.83. The summed E-state index contributed by atoms with van der Waals surface area (Å²) in [6.45, 7) is 7.53. The van der Waals surface area contributed by atoms with Crippen LogP contribution in [0.5, 0.6) is 0 Å². The van der Waals surface area contributed by atoms with E-state index < -0.39 is 0 Å². The van der Waals surface area contributed by atoms with E-state index in [4.69, 9.17) is 0 Å². The molecule has 0 heteroatoms. The number of unbranched alkanes of at least 4 members (excludes halogenated alkanes) is 5.